The van der Waals surface area contributed by atoms with E-state index in [-0.39, 0.29) is 18.9 Å². The lowest BCUT2D eigenvalue weighted by Crippen LogP contribution is -2.52. The third-order valence-electron chi connectivity index (χ3n) is 5.66. The van der Waals surface area contributed by atoms with Gasteiger partial charge in [-0.15, -0.1) is 0 Å². The van der Waals surface area contributed by atoms with E-state index in [0.29, 0.717) is 5.69 Å². The first kappa shape index (κ1) is 22.1. The van der Waals surface area contributed by atoms with Crippen molar-refractivity contribution in [2.45, 2.75) is 31.3 Å². The molecule has 9 nitrogen and oxygen atoms in total. The molecule has 4 rings (SSSR count). The van der Waals surface area contributed by atoms with Crippen LogP contribution in [0.25, 0.3) is 11.1 Å². The van der Waals surface area contributed by atoms with Crippen LogP contribution in [-0.4, -0.2) is 51.7 Å². The molecule has 2 atom stereocenters. The molecule has 33 heavy (non-hydrogen) atoms. The van der Waals surface area contributed by atoms with Crippen LogP contribution in [0.5, 0.6) is 0 Å². The third kappa shape index (κ3) is 4.87. The van der Waals surface area contributed by atoms with Gasteiger partial charge in [0.2, 0.25) is 5.91 Å². The number of aliphatic carboxylic acids is 1. The Labute approximate surface area is 190 Å². The first-order chi connectivity index (χ1) is 15.9. The van der Waals surface area contributed by atoms with Gasteiger partial charge >= 0.3 is 12.1 Å². The number of nitrogens with zero attached hydrogens (tertiary/aromatic N) is 1. The van der Waals surface area contributed by atoms with Crippen molar-refractivity contribution in [1.29, 1.82) is 0 Å². The largest absolute Gasteiger partial charge is 0.480 e. The summed E-state index contributed by atoms with van der Waals surface area (Å²) >= 11 is 0. The van der Waals surface area contributed by atoms with Crippen LogP contribution < -0.4 is 10.6 Å². The molecule has 0 aliphatic heterocycles. The van der Waals surface area contributed by atoms with Crippen LogP contribution in [0.2, 0.25) is 0 Å². The quantitative estimate of drug-likeness (QED) is 0.418. The van der Waals surface area contributed by atoms with Gasteiger partial charge in [0.05, 0.1) is 6.33 Å². The number of carboxylic acid groups (broad SMARTS) is 1. The molecule has 170 valence electrons. The maximum atomic E-state index is 12.6. The van der Waals surface area contributed by atoms with E-state index >= 15 is 0 Å². The van der Waals surface area contributed by atoms with Crippen LogP contribution in [0.4, 0.5) is 4.79 Å². The van der Waals surface area contributed by atoms with E-state index in [4.69, 9.17) is 9.84 Å². The van der Waals surface area contributed by atoms with Crippen LogP contribution in [0.15, 0.2) is 61.1 Å². The standard InChI is InChI=1S/C24H24N4O5/c1-14(23(30)31)27-22(29)21(10-15-11-25-13-26-15)28-24(32)33-12-20-18-8-4-2-6-16(18)17-7-3-5-9-19(17)20/h2-9,11,13-14,20-21H,10,12H2,1H3,(H,25,26)(H,27,29)(H,28,32)(H,30,31)/t14-,21-/m0/s1. The predicted molar refractivity (Wildman–Crippen MR) is 120 cm³/mol. The van der Waals surface area contributed by atoms with Crippen LogP contribution in [0.1, 0.15) is 29.7 Å². The number of carboxylic acids is 1. The van der Waals surface area contributed by atoms with Crippen molar-refractivity contribution in [2.75, 3.05) is 6.61 Å². The number of amides is 2. The van der Waals surface area contributed by atoms with E-state index in [1.165, 1.54) is 19.4 Å². The molecular weight excluding hydrogens is 424 g/mol. The van der Waals surface area contributed by atoms with Gasteiger partial charge in [0.15, 0.2) is 0 Å². The fourth-order valence-electron chi connectivity index (χ4n) is 3.98. The molecule has 0 saturated carbocycles. The molecule has 0 bridgehead atoms. The monoisotopic (exact) mass is 448 g/mol. The Bertz CT molecular complexity index is 1120. The Morgan fingerprint density at radius 3 is 2.27 bits per heavy atom. The number of nitrogens with one attached hydrogen (secondary N) is 3. The summed E-state index contributed by atoms with van der Waals surface area (Å²) in [5.74, 6) is -1.92. The summed E-state index contributed by atoms with van der Waals surface area (Å²) in [4.78, 5) is 43.1. The zero-order chi connectivity index (χ0) is 23.4. The zero-order valence-electron chi connectivity index (χ0n) is 17.9. The second kappa shape index (κ2) is 9.56. The lowest BCUT2D eigenvalue weighted by Gasteiger charge is -2.20. The van der Waals surface area contributed by atoms with Crippen molar-refractivity contribution in [1.82, 2.24) is 20.6 Å². The summed E-state index contributed by atoms with van der Waals surface area (Å²) in [6, 6.07) is 13.8. The first-order valence-corrected chi connectivity index (χ1v) is 10.6. The van der Waals surface area contributed by atoms with Gasteiger partial charge in [-0.2, -0.15) is 0 Å². The molecular formula is C24H24N4O5. The maximum Gasteiger partial charge on any atom is 0.407 e. The summed E-state index contributed by atoms with van der Waals surface area (Å²) in [5.41, 5.74) is 4.99. The number of H-pyrrole nitrogens is 1. The van der Waals surface area contributed by atoms with Crippen LogP contribution in [0, 0.1) is 0 Å². The lowest BCUT2D eigenvalue weighted by molar-refractivity contribution is -0.141. The zero-order valence-corrected chi connectivity index (χ0v) is 17.9. The Kier molecular flexibility index (Phi) is 6.39. The molecule has 0 saturated heterocycles. The van der Waals surface area contributed by atoms with E-state index in [0.717, 1.165) is 22.3 Å². The number of alkyl carbamates (subject to hydrolysis) is 1. The number of fused-ring (bicyclic) bond motifs is 3. The number of hydrogen-bond acceptors (Lipinski definition) is 5. The first-order valence-electron chi connectivity index (χ1n) is 10.6. The van der Waals surface area contributed by atoms with Gasteiger partial charge in [0, 0.05) is 24.2 Å². The number of ether oxygens (including phenoxy) is 1. The molecule has 3 aromatic rings. The second-order valence-corrected chi connectivity index (χ2v) is 7.87. The molecule has 0 unspecified atom stereocenters. The number of rotatable bonds is 8. The summed E-state index contributed by atoms with van der Waals surface area (Å²) in [7, 11) is 0. The van der Waals surface area contributed by atoms with E-state index in [2.05, 4.69) is 20.6 Å². The van der Waals surface area contributed by atoms with Crippen molar-refractivity contribution in [2.24, 2.45) is 0 Å². The highest BCUT2D eigenvalue weighted by atomic mass is 16.5. The molecule has 1 aliphatic rings. The molecule has 2 aromatic carbocycles. The normalized spacial score (nSPS) is 14.0. The molecule has 1 aromatic heterocycles. The lowest BCUT2D eigenvalue weighted by atomic mass is 9.98. The van der Waals surface area contributed by atoms with Crippen molar-refractivity contribution in [3.8, 4) is 11.1 Å². The average Bonchev–Trinajstić information content (AvgIpc) is 3.43. The fraction of sp³-hybridized carbons (Fsp3) is 0.250. The molecule has 0 radical (unpaired) electrons. The molecule has 4 N–H and O–H groups in total. The number of aromatic amines is 1. The van der Waals surface area contributed by atoms with Gasteiger partial charge < -0.3 is 25.5 Å². The van der Waals surface area contributed by atoms with Gasteiger partial charge in [-0.25, -0.2) is 9.78 Å². The highest BCUT2D eigenvalue weighted by Crippen LogP contribution is 2.44. The smallest absolute Gasteiger partial charge is 0.407 e. The molecule has 9 heteroatoms. The number of hydrogen-bond donors (Lipinski definition) is 4. The van der Waals surface area contributed by atoms with Gasteiger partial charge in [-0.3, -0.25) is 9.59 Å². The van der Waals surface area contributed by atoms with Crippen LogP contribution >= 0.6 is 0 Å². The highest BCUT2D eigenvalue weighted by Gasteiger charge is 2.30. The van der Waals surface area contributed by atoms with Gasteiger partial charge in [-0.1, -0.05) is 48.5 Å². The molecule has 1 heterocycles. The van der Waals surface area contributed by atoms with Crippen molar-refractivity contribution in [3.05, 3.63) is 77.9 Å². The van der Waals surface area contributed by atoms with Crippen LogP contribution in [-0.2, 0) is 20.7 Å². The van der Waals surface area contributed by atoms with Gasteiger partial charge in [0.25, 0.3) is 0 Å². The topological polar surface area (TPSA) is 133 Å². The summed E-state index contributed by atoms with van der Waals surface area (Å²) in [5, 5.41) is 14.0. The number of imidazole rings is 1. The van der Waals surface area contributed by atoms with Crippen molar-refractivity contribution in [3.63, 3.8) is 0 Å². The number of carbonyl (C=O) groups excluding carboxylic acids is 2. The van der Waals surface area contributed by atoms with Gasteiger partial charge in [-0.05, 0) is 29.2 Å². The summed E-state index contributed by atoms with van der Waals surface area (Å²) in [6.45, 7) is 1.45. The highest BCUT2D eigenvalue weighted by molar-refractivity contribution is 5.89. The Morgan fingerprint density at radius 2 is 1.70 bits per heavy atom. The number of aromatic nitrogens is 2. The Hall–Kier alpha value is -4.14. The maximum absolute atomic E-state index is 12.6. The van der Waals surface area contributed by atoms with E-state index in [1.54, 1.807) is 0 Å². The molecule has 1 aliphatic carbocycles. The summed E-state index contributed by atoms with van der Waals surface area (Å²) in [6.07, 6.45) is 2.32. The minimum Gasteiger partial charge on any atom is -0.480 e. The number of carbonyl (C=O) groups is 3. The second-order valence-electron chi connectivity index (χ2n) is 7.87. The van der Waals surface area contributed by atoms with E-state index < -0.39 is 30.1 Å². The van der Waals surface area contributed by atoms with Crippen molar-refractivity contribution < 1.29 is 24.2 Å². The fourth-order valence-corrected chi connectivity index (χ4v) is 3.98. The predicted octanol–water partition coefficient (Wildman–Crippen LogP) is 2.45. The number of benzene rings is 2. The van der Waals surface area contributed by atoms with Crippen molar-refractivity contribution >= 4 is 18.0 Å². The van der Waals surface area contributed by atoms with Crippen LogP contribution in [0.3, 0.4) is 0 Å². The average molecular weight is 448 g/mol. The van der Waals surface area contributed by atoms with E-state index in [1.807, 2.05) is 48.5 Å². The van der Waals surface area contributed by atoms with E-state index in [9.17, 15) is 14.4 Å². The molecule has 0 fully saturated rings. The summed E-state index contributed by atoms with van der Waals surface area (Å²) < 4.78 is 5.52. The Balaban J connectivity index is 1.44. The minimum absolute atomic E-state index is 0.0996. The SMILES string of the molecule is C[C@H](NC(=O)[C@H](Cc1cnc[nH]1)NC(=O)OCC1c2ccccc2-c2ccccc21)C(=O)O. The van der Waals surface area contributed by atoms with Gasteiger partial charge in [0.1, 0.15) is 18.7 Å². The Morgan fingerprint density at radius 1 is 1.06 bits per heavy atom. The minimum atomic E-state index is -1.18. The molecule has 0 spiro atoms. The third-order valence-corrected chi connectivity index (χ3v) is 5.66. The molecule has 2 amide bonds.